The first-order valence-corrected chi connectivity index (χ1v) is 7.55. The summed E-state index contributed by atoms with van der Waals surface area (Å²) in [7, 11) is -1.28. The van der Waals surface area contributed by atoms with E-state index in [0.717, 1.165) is 6.20 Å². The van der Waals surface area contributed by atoms with Gasteiger partial charge in [0, 0.05) is 10.6 Å². The molecule has 9 heteroatoms. The van der Waals surface area contributed by atoms with Crippen LogP contribution in [0.1, 0.15) is 0 Å². The van der Waals surface area contributed by atoms with Gasteiger partial charge < -0.3 is 0 Å². The van der Waals surface area contributed by atoms with Crippen molar-refractivity contribution in [3.63, 3.8) is 0 Å². The lowest BCUT2D eigenvalue weighted by atomic mass is 10.4. The first kappa shape index (κ1) is 15.0. The maximum atomic E-state index is 12.1. The van der Waals surface area contributed by atoms with Gasteiger partial charge in [0.1, 0.15) is 12.4 Å². The van der Waals surface area contributed by atoms with E-state index in [1.807, 2.05) is 0 Å². The van der Waals surface area contributed by atoms with Gasteiger partial charge in [-0.25, -0.2) is 0 Å². The van der Waals surface area contributed by atoms with Crippen LogP contribution < -0.4 is 0 Å². The summed E-state index contributed by atoms with van der Waals surface area (Å²) in [4.78, 5) is 10.5. The minimum atomic E-state index is -1.28. The summed E-state index contributed by atoms with van der Waals surface area (Å²) >= 11 is 11.6. The van der Waals surface area contributed by atoms with Crippen molar-refractivity contribution in [3.05, 3.63) is 50.8 Å². The Kier molecular flexibility index (Phi) is 4.74. The highest BCUT2D eigenvalue weighted by Crippen LogP contribution is 2.24. The van der Waals surface area contributed by atoms with Gasteiger partial charge in [0.05, 0.1) is 32.3 Å². The largest absolute Gasteiger partial charge is 0.306 e. The first-order chi connectivity index (χ1) is 9.47. The number of hydrogen-bond donors (Lipinski definition) is 0. The molecular weight excluding hydrogens is 325 g/mol. The van der Waals surface area contributed by atoms with Crippen molar-refractivity contribution in [3.8, 4) is 0 Å². The zero-order chi connectivity index (χ0) is 14.7. The van der Waals surface area contributed by atoms with Crippen LogP contribution in [0.4, 0.5) is 5.69 Å². The minimum Gasteiger partial charge on any atom is -0.265 e. The molecule has 0 aliphatic rings. The quantitative estimate of drug-likeness (QED) is 0.622. The van der Waals surface area contributed by atoms with Gasteiger partial charge in [-0.2, -0.15) is 5.10 Å². The summed E-state index contributed by atoms with van der Waals surface area (Å²) in [6.07, 6.45) is 2.45. The van der Waals surface area contributed by atoms with Crippen molar-refractivity contribution in [2.75, 3.05) is 5.75 Å². The standard InChI is InChI=1S/C11H9Cl2N3O3S/c12-10-2-1-9(5-11(10)13)20(19)4-3-15-7-8(6-14-15)16(17)18/h1-2,5-7H,3-4H2/t20-/m0/s1. The Hall–Kier alpha value is -1.44. The maximum absolute atomic E-state index is 12.1. The number of rotatable bonds is 5. The monoisotopic (exact) mass is 333 g/mol. The van der Waals surface area contributed by atoms with Crippen LogP contribution in [0.3, 0.4) is 0 Å². The van der Waals surface area contributed by atoms with E-state index in [1.54, 1.807) is 18.2 Å². The zero-order valence-corrected chi connectivity index (χ0v) is 12.4. The predicted molar refractivity (Wildman–Crippen MR) is 76.6 cm³/mol. The van der Waals surface area contributed by atoms with Gasteiger partial charge >= 0.3 is 5.69 Å². The third-order valence-electron chi connectivity index (χ3n) is 2.49. The Bertz CT molecular complexity index is 675. The molecule has 0 N–H and O–H groups in total. The summed E-state index contributed by atoms with van der Waals surface area (Å²) in [5, 5.41) is 15.1. The molecule has 2 aromatic rings. The third-order valence-corrected chi connectivity index (χ3v) is 4.56. The van der Waals surface area contributed by atoms with Crippen molar-refractivity contribution < 1.29 is 9.13 Å². The predicted octanol–water partition coefficient (Wildman–Crippen LogP) is 2.91. The second-order valence-electron chi connectivity index (χ2n) is 3.84. The molecule has 0 amide bonds. The number of aromatic nitrogens is 2. The summed E-state index contributed by atoms with van der Waals surface area (Å²) in [6.45, 7) is 0.306. The Balaban J connectivity index is 2.00. The van der Waals surface area contributed by atoms with E-state index >= 15 is 0 Å². The fourth-order valence-electron chi connectivity index (χ4n) is 1.48. The maximum Gasteiger partial charge on any atom is 0.306 e. The Labute approximate surface area is 126 Å². The average Bonchev–Trinajstić information content (AvgIpc) is 2.88. The molecule has 0 fully saturated rings. The molecule has 0 radical (unpaired) electrons. The van der Waals surface area contributed by atoms with Crippen LogP contribution in [0.25, 0.3) is 0 Å². The molecule has 1 heterocycles. The fourth-order valence-corrected chi connectivity index (χ4v) is 2.90. The molecule has 6 nitrogen and oxygen atoms in total. The van der Waals surface area contributed by atoms with Gasteiger partial charge in [-0.1, -0.05) is 23.2 Å². The smallest absolute Gasteiger partial charge is 0.265 e. The second kappa shape index (κ2) is 6.34. The van der Waals surface area contributed by atoms with Gasteiger partial charge in [0.25, 0.3) is 0 Å². The van der Waals surface area contributed by atoms with E-state index < -0.39 is 15.7 Å². The van der Waals surface area contributed by atoms with Crippen LogP contribution in [0.5, 0.6) is 0 Å². The van der Waals surface area contributed by atoms with Crippen LogP contribution in [0.2, 0.25) is 10.0 Å². The van der Waals surface area contributed by atoms with E-state index in [0.29, 0.717) is 21.5 Å². The molecule has 0 unspecified atom stereocenters. The summed E-state index contributed by atoms with van der Waals surface area (Å²) < 4.78 is 13.4. The van der Waals surface area contributed by atoms with Crippen molar-refractivity contribution in [1.29, 1.82) is 0 Å². The van der Waals surface area contributed by atoms with Crippen LogP contribution in [0.15, 0.2) is 35.5 Å². The van der Waals surface area contributed by atoms with Gasteiger partial charge in [0.2, 0.25) is 0 Å². The van der Waals surface area contributed by atoms with Crippen molar-refractivity contribution in [1.82, 2.24) is 9.78 Å². The highest BCUT2D eigenvalue weighted by molar-refractivity contribution is 7.85. The normalized spacial score (nSPS) is 12.3. The molecule has 1 aromatic carbocycles. The molecule has 0 spiro atoms. The van der Waals surface area contributed by atoms with Crippen LogP contribution in [0, 0.1) is 10.1 Å². The van der Waals surface area contributed by atoms with Crippen LogP contribution in [-0.2, 0) is 17.3 Å². The molecule has 20 heavy (non-hydrogen) atoms. The summed E-state index contributed by atoms with van der Waals surface area (Å²) in [5.74, 6) is 0.275. The van der Waals surface area contributed by atoms with Gasteiger partial charge in [-0.05, 0) is 18.2 Å². The average molecular weight is 334 g/mol. The highest BCUT2D eigenvalue weighted by Gasteiger charge is 2.11. The topological polar surface area (TPSA) is 78.0 Å². The lowest BCUT2D eigenvalue weighted by Crippen LogP contribution is -2.08. The van der Waals surface area contributed by atoms with Crippen molar-refractivity contribution >= 4 is 39.7 Å². The van der Waals surface area contributed by atoms with Crippen molar-refractivity contribution in [2.24, 2.45) is 0 Å². The Morgan fingerprint density at radius 3 is 2.70 bits per heavy atom. The molecule has 0 saturated heterocycles. The number of benzene rings is 1. The molecular formula is C11H9Cl2N3O3S. The number of nitrogens with zero attached hydrogens (tertiary/aromatic N) is 3. The number of hydrogen-bond acceptors (Lipinski definition) is 4. The molecule has 106 valence electrons. The van der Waals surface area contributed by atoms with E-state index in [4.69, 9.17) is 23.2 Å². The number of aryl methyl sites for hydroxylation is 1. The molecule has 0 aliphatic carbocycles. The lowest BCUT2D eigenvalue weighted by Gasteiger charge is -2.04. The van der Waals surface area contributed by atoms with E-state index in [2.05, 4.69) is 5.10 Å². The number of halogens is 2. The molecule has 1 atom stereocenters. The summed E-state index contributed by atoms with van der Waals surface area (Å²) in [5.41, 5.74) is -0.0923. The Morgan fingerprint density at radius 2 is 2.10 bits per heavy atom. The molecule has 2 rings (SSSR count). The molecule has 1 aromatic heterocycles. The van der Waals surface area contributed by atoms with Gasteiger partial charge in [0.15, 0.2) is 0 Å². The lowest BCUT2D eigenvalue weighted by molar-refractivity contribution is -0.385. The summed E-state index contributed by atoms with van der Waals surface area (Å²) in [6, 6.07) is 4.76. The van der Waals surface area contributed by atoms with Gasteiger partial charge in [-0.3, -0.25) is 19.0 Å². The zero-order valence-electron chi connectivity index (χ0n) is 10.0. The van der Waals surface area contributed by atoms with Crippen molar-refractivity contribution in [2.45, 2.75) is 11.4 Å². The van der Waals surface area contributed by atoms with E-state index in [1.165, 1.54) is 10.9 Å². The first-order valence-electron chi connectivity index (χ1n) is 5.47. The molecule has 0 saturated carbocycles. The fraction of sp³-hybridized carbons (Fsp3) is 0.182. The number of nitro groups is 1. The van der Waals surface area contributed by atoms with Crippen LogP contribution >= 0.6 is 23.2 Å². The van der Waals surface area contributed by atoms with Crippen LogP contribution in [-0.4, -0.2) is 24.7 Å². The van der Waals surface area contributed by atoms with E-state index in [-0.39, 0.29) is 11.4 Å². The molecule has 0 aliphatic heterocycles. The third kappa shape index (κ3) is 3.56. The minimum absolute atomic E-state index is 0.0923. The highest BCUT2D eigenvalue weighted by atomic mass is 35.5. The van der Waals surface area contributed by atoms with E-state index in [9.17, 15) is 14.3 Å². The SMILES string of the molecule is O=[N+]([O-])c1cnn(CC[S@](=O)c2ccc(Cl)c(Cl)c2)c1. The molecule has 0 bridgehead atoms. The second-order valence-corrected chi connectivity index (χ2v) is 6.23. The Morgan fingerprint density at radius 1 is 1.35 bits per heavy atom. The van der Waals surface area contributed by atoms with Gasteiger partial charge in [-0.15, -0.1) is 0 Å².